The molecule has 4 aliphatic carbocycles. The normalized spacial score (nSPS) is 32.1. The number of benzene rings is 1. The average molecular weight is 445 g/mol. The van der Waals surface area contributed by atoms with Crippen LogP contribution in [0.25, 0.3) is 0 Å². The summed E-state index contributed by atoms with van der Waals surface area (Å²) in [6, 6.07) is 5.13. The third kappa shape index (κ3) is 4.18. The molecule has 1 aromatic carbocycles. The summed E-state index contributed by atoms with van der Waals surface area (Å²) in [5.41, 5.74) is 0.755. The average Bonchev–Trinajstić information content (AvgIpc) is 2.98. The minimum atomic E-state index is -0.0743. The molecule has 1 heterocycles. The van der Waals surface area contributed by atoms with Crippen molar-refractivity contribution in [2.75, 3.05) is 33.3 Å². The number of rotatable bonds is 4. The van der Waals surface area contributed by atoms with Crippen molar-refractivity contribution in [3.05, 3.63) is 28.8 Å². The first-order valence-corrected chi connectivity index (χ1v) is 12.2. The number of ether oxygens (including phenoxy) is 1. The van der Waals surface area contributed by atoms with E-state index in [4.69, 9.17) is 16.3 Å². The number of methoxy groups -OCH3 is 1. The van der Waals surface area contributed by atoms with Gasteiger partial charge in [-0.25, -0.2) is 0 Å². The first-order chi connectivity index (χ1) is 14.9. The second-order valence-corrected chi connectivity index (χ2v) is 10.9. The number of amides is 2. The van der Waals surface area contributed by atoms with E-state index < -0.39 is 0 Å². The lowest BCUT2D eigenvalue weighted by molar-refractivity contribution is -0.139. The molecular formula is C25H33ClN2O3. The highest BCUT2D eigenvalue weighted by molar-refractivity contribution is 6.31. The zero-order valence-corrected chi connectivity index (χ0v) is 19.2. The zero-order chi connectivity index (χ0) is 21.6. The van der Waals surface area contributed by atoms with Crippen LogP contribution in [0, 0.1) is 23.2 Å². The lowest BCUT2D eigenvalue weighted by atomic mass is 9.49. The molecule has 4 bridgehead atoms. The number of hydrogen-bond acceptors (Lipinski definition) is 3. The molecule has 168 valence electrons. The van der Waals surface area contributed by atoms with Gasteiger partial charge in [0.25, 0.3) is 5.91 Å². The van der Waals surface area contributed by atoms with Gasteiger partial charge in [-0.2, -0.15) is 0 Å². The van der Waals surface area contributed by atoms with Crippen LogP contribution >= 0.6 is 11.6 Å². The Morgan fingerprint density at radius 2 is 1.61 bits per heavy atom. The highest BCUT2D eigenvalue weighted by Crippen LogP contribution is 2.61. The van der Waals surface area contributed by atoms with Gasteiger partial charge in [-0.3, -0.25) is 9.59 Å². The molecule has 0 unspecified atom stereocenters. The predicted molar refractivity (Wildman–Crippen MR) is 120 cm³/mol. The molecule has 6 rings (SSSR count). The molecule has 0 spiro atoms. The van der Waals surface area contributed by atoms with E-state index in [9.17, 15) is 9.59 Å². The summed E-state index contributed by atoms with van der Waals surface area (Å²) in [7, 11) is 1.56. The third-order valence-electron chi connectivity index (χ3n) is 8.22. The van der Waals surface area contributed by atoms with Crippen molar-refractivity contribution < 1.29 is 14.3 Å². The Morgan fingerprint density at radius 3 is 2.26 bits per heavy atom. The second kappa shape index (κ2) is 8.31. The molecule has 0 atom stereocenters. The van der Waals surface area contributed by atoms with Crippen LogP contribution in [0.1, 0.15) is 61.7 Å². The minimum absolute atomic E-state index is 0.0743. The monoisotopic (exact) mass is 444 g/mol. The Hall–Kier alpha value is -1.75. The summed E-state index contributed by atoms with van der Waals surface area (Å²) in [4.78, 5) is 30.3. The van der Waals surface area contributed by atoms with Gasteiger partial charge in [-0.1, -0.05) is 11.6 Å². The van der Waals surface area contributed by atoms with E-state index in [0.717, 1.165) is 30.7 Å². The van der Waals surface area contributed by atoms with Gasteiger partial charge in [0.1, 0.15) is 5.75 Å². The van der Waals surface area contributed by atoms with Gasteiger partial charge in [0, 0.05) is 37.6 Å². The quantitative estimate of drug-likeness (QED) is 0.680. The molecule has 1 saturated heterocycles. The largest absolute Gasteiger partial charge is 0.496 e. The molecule has 5 aliphatic rings. The molecule has 4 saturated carbocycles. The lowest BCUT2D eigenvalue weighted by Gasteiger charge is -2.57. The summed E-state index contributed by atoms with van der Waals surface area (Å²) in [6.07, 6.45) is 9.52. The van der Waals surface area contributed by atoms with Gasteiger partial charge in [0.2, 0.25) is 5.91 Å². The zero-order valence-electron chi connectivity index (χ0n) is 18.4. The maximum Gasteiger partial charge on any atom is 0.257 e. The highest BCUT2D eigenvalue weighted by atomic mass is 35.5. The summed E-state index contributed by atoms with van der Waals surface area (Å²) < 4.78 is 5.37. The lowest BCUT2D eigenvalue weighted by Crippen LogP contribution is -2.48. The van der Waals surface area contributed by atoms with Crippen molar-refractivity contribution in [1.29, 1.82) is 0 Å². The molecule has 5 nitrogen and oxygen atoms in total. The third-order valence-corrected chi connectivity index (χ3v) is 8.45. The summed E-state index contributed by atoms with van der Waals surface area (Å²) in [6.45, 7) is 2.55. The van der Waals surface area contributed by atoms with E-state index in [1.54, 1.807) is 25.3 Å². The van der Waals surface area contributed by atoms with Gasteiger partial charge < -0.3 is 14.5 Å². The number of hydrogen-bond donors (Lipinski definition) is 0. The van der Waals surface area contributed by atoms with E-state index in [1.165, 1.54) is 38.5 Å². The number of carbonyl (C=O) groups excluding carboxylic acids is 2. The number of carbonyl (C=O) groups is 2. The number of nitrogens with zero attached hydrogens (tertiary/aromatic N) is 2. The Kier molecular flexibility index (Phi) is 5.66. The highest BCUT2D eigenvalue weighted by Gasteiger charge is 2.51. The van der Waals surface area contributed by atoms with Crippen LogP contribution in [0.3, 0.4) is 0 Å². The standard InChI is InChI=1S/C25H33ClN2O3/c1-31-22-4-3-20(26)12-21(22)24(30)28-6-2-5-27(7-8-28)23(29)16-25-13-17-9-18(14-25)11-19(10-17)15-25/h3-4,12,17-19H,2,5-11,13-16H2,1H3. The summed E-state index contributed by atoms with van der Waals surface area (Å²) in [5, 5.41) is 0.520. The Balaban J connectivity index is 1.23. The van der Waals surface area contributed by atoms with Crippen molar-refractivity contribution in [1.82, 2.24) is 9.80 Å². The molecule has 6 heteroatoms. The van der Waals surface area contributed by atoms with Gasteiger partial charge in [0.05, 0.1) is 12.7 Å². The smallest absolute Gasteiger partial charge is 0.257 e. The molecule has 31 heavy (non-hydrogen) atoms. The van der Waals surface area contributed by atoms with Gasteiger partial charge in [-0.15, -0.1) is 0 Å². The fourth-order valence-corrected chi connectivity index (χ4v) is 7.50. The predicted octanol–water partition coefficient (Wildman–Crippen LogP) is 4.63. The fraction of sp³-hybridized carbons (Fsp3) is 0.680. The van der Waals surface area contributed by atoms with Crippen LogP contribution in [0.5, 0.6) is 5.75 Å². The molecule has 2 amide bonds. The van der Waals surface area contributed by atoms with Crippen LogP contribution in [-0.4, -0.2) is 54.9 Å². The minimum Gasteiger partial charge on any atom is -0.496 e. The molecule has 0 N–H and O–H groups in total. The second-order valence-electron chi connectivity index (χ2n) is 10.5. The summed E-state index contributed by atoms with van der Waals surface area (Å²) >= 11 is 6.12. The molecule has 0 radical (unpaired) electrons. The topological polar surface area (TPSA) is 49.9 Å². The van der Waals surface area contributed by atoms with Crippen molar-refractivity contribution in [2.24, 2.45) is 23.2 Å². The SMILES string of the molecule is COc1ccc(Cl)cc1C(=O)N1CCCN(C(=O)CC23CC4CC(CC(C4)C2)C3)CC1. The van der Waals surface area contributed by atoms with Crippen LogP contribution < -0.4 is 4.74 Å². The Morgan fingerprint density at radius 1 is 1.00 bits per heavy atom. The van der Waals surface area contributed by atoms with Crippen LogP contribution in [0.2, 0.25) is 5.02 Å². The molecular weight excluding hydrogens is 412 g/mol. The first kappa shape index (κ1) is 21.1. The van der Waals surface area contributed by atoms with Crippen LogP contribution in [0.4, 0.5) is 0 Å². The van der Waals surface area contributed by atoms with Crippen LogP contribution in [0.15, 0.2) is 18.2 Å². The molecule has 5 fully saturated rings. The van der Waals surface area contributed by atoms with Crippen molar-refractivity contribution >= 4 is 23.4 Å². The van der Waals surface area contributed by atoms with E-state index in [1.807, 2.05) is 9.80 Å². The van der Waals surface area contributed by atoms with Crippen LogP contribution in [-0.2, 0) is 4.79 Å². The molecule has 0 aromatic heterocycles. The first-order valence-electron chi connectivity index (χ1n) is 11.9. The van der Waals surface area contributed by atoms with E-state index >= 15 is 0 Å². The fourth-order valence-electron chi connectivity index (χ4n) is 7.33. The van der Waals surface area contributed by atoms with Crippen molar-refractivity contribution in [2.45, 2.75) is 51.4 Å². The number of halogens is 1. The Labute approximate surface area is 190 Å². The maximum atomic E-state index is 13.3. The Bertz CT molecular complexity index is 835. The maximum absolute atomic E-state index is 13.3. The van der Waals surface area contributed by atoms with E-state index in [-0.39, 0.29) is 11.3 Å². The molecule has 1 aliphatic heterocycles. The van der Waals surface area contributed by atoms with Crippen molar-refractivity contribution in [3.8, 4) is 5.75 Å². The van der Waals surface area contributed by atoms with Gasteiger partial charge in [0.15, 0.2) is 0 Å². The van der Waals surface area contributed by atoms with Gasteiger partial charge in [-0.05, 0) is 86.3 Å². The van der Waals surface area contributed by atoms with E-state index in [2.05, 4.69) is 0 Å². The summed E-state index contributed by atoms with van der Waals surface area (Å²) in [5.74, 6) is 3.36. The van der Waals surface area contributed by atoms with E-state index in [0.29, 0.717) is 48.3 Å². The van der Waals surface area contributed by atoms with Crippen molar-refractivity contribution in [3.63, 3.8) is 0 Å². The van der Waals surface area contributed by atoms with Gasteiger partial charge >= 0.3 is 0 Å². The molecule has 1 aromatic rings.